The van der Waals surface area contributed by atoms with Gasteiger partial charge in [0.25, 0.3) is 0 Å². The number of fused-ring (bicyclic) bond motifs is 1. The molecular weight excluding hydrogens is 298 g/mol. The van der Waals surface area contributed by atoms with Crippen LogP contribution in [0.4, 0.5) is 5.69 Å². The molecule has 7 heteroatoms. The third kappa shape index (κ3) is 3.39. The molecule has 23 heavy (non-hydrogen) atoms. The zero-order valence-electron chi connectivity index (χ0n) is 13.1. The third-order valence-electron chi connectivity index (χ3n) is 4.50. The maximum atomic E-state index is 12.4. The number of nitrogens with one attached hydrogen (secondary N) is 1. The average molecular weight is 319 g/mol. The number of amides is 2. The van der Waals surface area contributed by atoms with Crippen LogP contribution in [0.25, 0.3) is 0 Å². The summed E-state index contributed by atoms with van der Waals surface area (Å²) in [5, 5.41) is 2.92. The molecule has 0 bridgehead atoms. The molecule has 2 heterocycles. The van der Waals surface area contributed by atoms with Crippen LogP contribution in [0.15, 0.2) is 18.2 Å². The van der Waals surface area contributed by atoms with E-state index in [9.17, 15) is 9.59 Å². The molecule has 124 valence electrons. The molecule has 0 radical (unpaired) electrons. The monoisotopic (exact) mass is 319 g/mol. The lowest BCUT2D eigenvalue weighted by Crippen LogP contribution is -2.47. The molecule has 3 N–H and O–H groups in total. The second-order valence-electron chi connectivity index (χ2n) is 5.95. The van der Waals surface area contributed by atoms with Crippen molar-refractivity contribution in [2.45, 2.75) is 25.8 Å². The molecule has 1 aromatic rings. The maximum absolute atomic E-state index is 12.4. The lowest BCUT2D eigenvalue weighted by Gasteiger charge is -2.34. The number of carbonyl (C=O) groups is 2. The summed E-state index contributed by atoms with van der Waals surface area (Å²) in [5.41, 5.74) is 6.03. The van der Waals surface area contributed by atoms with E-state index in [1.54, 1.807) is 25.1 Å². The molecule has 0 aromatic heterocycles. The number of benzene rings is 1. The summed E-state index contributed by atoms with van der Waals surface area (Å²) in [6, 6.07) is 5.07. The molecule has 0 saturated carbocycles. The van der Waals surface area contributed by atoms with E-state index in [2.05, 4.69) is 5.32 Å². The Morgan fingerprint density at radius 1 is 1.26 bits per heavy atom. The number of carbonyl (C=O) groups excluding carboxylic acids is 2. The fraction of sp³-hybridized carbons (Fsp3) is 0.500. The summed E-state index contributed by atoms with van der Waals surface area (Å²) < 4.78 is 10.6. The molecule has 1 aromatic carbocycles. The van der Waals surface area contributed by atoms with Crippen molar-refractivity contribution >= 4 is 17.5 Å². The van der Waals surface area contributed by atoms with Gasteiger partial charge in [0.05, 0.1) is 6.04 Å². The van der Waals surface area contributed by atoms with Crippen LogP contribution in [-0.4, -0.2) is 42.6 Å². The molecule has 0 aliphatic carbocycles. The fourth-order valence-electron chi connectivity index (χ4n) is 2.95. The van der Waals surface area contributed by atoms with Crippen LogP contribution >= 0.6 is 0 Å². The van der Waals surface area contributed by atoms with E-state index in [0.717, 1.165) is 0 Å². The Morgan fingerprint density at radius 3 is 2.65 bits per heavy atom. The number of hydrogen-bond donors (Lipinski definition) is 2. The Kier molecular flexibility index (Phi) is 4.38. The van der Waals surface area contributed by atoms with Gasteiger partial charge in [-0.25, -0.2) is 0 Å². The largest absolute Gasteiger partial charge is 0.454 e. The first kappa shape index (κ1) is 15.6. The standard InChI is InChI=1S/C16H21N3O4/c1-10(15(17)20)19-6-4-11(5-7-19)16(21)18-12-2-3-13-14(8-12)23-9-22-13/h2-3,8,10-11H,4-7,9H2,1H3,(H2,17,20)(H,18,21). The number of rotatable bonds is 4. The molecule has 3 rings (SSSR count). The SMILES string of the molecule is CC(C(N)=O)N1CCC(C(=O)Nc2ccc3c(c2)OCO3)CC1. The van der Waals surface area contributed by atoms with Crippen molar-refractivity contribution in [3.63, 3.8) is 0 Å². The highest BCUT2D eigenvalue weighted by Gasteiger charge is 2.29. The van der Waals surface area contributed by atoms with Crippen molar-refractivity contribution in [3.8, 4) is 11.5 Å². The number of nitrogens with two attached hydrogens (primary N) is 1. The van der Waals surface area contributed by atoms with Gasteiger partial charge >= 0.3 is 0 Å². The number of piperidine rings is 1. The van der Waals surface area contributed by atoms with Crippen LogP contribution in [0.3, 0.4) is 0 Å². The second-order valence-corrected chi connectivity index (χ2v) is 5.95. The second kappa shape index (κ2) is 6.45. The maximum Gasteiger partial charge on any atom is 0.234 e. The van der Waals surface area contributed by atoms with Gasteiger partial charge in [-0.15, -0.1) is 0 Å². The van der Waals surface area contributed by atoms with Crippen molar-refractivity contribution in [3.05, 3.63) is 18.2 Å². The number of nitrogens with zero attached hydrogens (tertiary/aromatic N) is 1. The molecular formula is C16H21N3O4. The van der Waals surface area contributed by atoms with E-state index in [1.165, 1.54) is 0 Å². The third-order valence-corrected chi connectivity index (χ3v) is 4.50. The topological polar surface area (TPSA) is 93.9 Å². The van der Waals surface area contributed by atoms with Gasteiger partial charge in [-0.05, 0) is 45.0 Å². The number of anilines is 1. The Morgan fingerprint density at radius 2 is 1.96 bits per heavy atom. The zero-order valence-corrected chi connectivity index (χ0v) is 13.1. The Bertz CT molecular complexity index is 611. The summed E-state index contributed by atoms with van der Waals surface area (Å²) >= 11 is 0. The number of likely N-dealkylation sites (tertiary alicyclic amines) is 1. The molecule has 0 spiro atoms. The predicted octanol–water partition coefficient (Wildman–Crippen LogP) is 0.940. The predicted molar refractivity (Wildman–Crippen MR) is 84.1 cm³/mol. The first-order valence-corrected chi connectivity index (χ1v) is 7.78. The average Bonchev–Trinajstić information content (AvgIpc) is 3.01. The number of primary amides is 1. The first-order valence-electron chi connectivity index (χ1n) is 7.78. The van der Waals surface area contributed by atoms with Gasteiger partial charge in [0.15, 0.2) is 11.5 Å². The van der Waals surface area contributed by atoms with Gasteiger partial charge in [0, 0.05) is 17.7 Å². The molecule has 2 aliphatic heterocycles. The molecule has 2 amide bonds. The zero-order chi connectivity index (χ0) is 16.4. The minimum absolute atomic E-state index is 0.00440. The van der Waals surface area contributed by atoms with Crippen LogP contribution in [0.5, 0.6) is 11.5 Å². The molecule has 1 fully saturated rings. The van der Waals surface area contributed by atoms with E-state index >= 15 is 0 Å². The summed E-state index contributed by atoms with van der Waals surface area (Å²) in [5.74, 6) is 0.949. The van der Waals surface area contributed by atoms with Crippen LogP contribution in [-0.2, 0) is 9.59 Å². The highest BCUT2D eigenvalue weighted by Crippen LogP contribution is 2.34. The van der Waals surface area contributed by atoms with Crippen LogP contribution in [0.2, 0.25) is 0 Å². The molecule has 2 aliphatic rings. The van der Waals surface area contributed by atoms with Gasteiger partial charge in [0.2, 0.25) is 18.6 Å². The Hall–Kier alpha value is -2.28. The van der Waals surface area contributed by atoms with Crippen LogP contribution < -0.4 is 20.5 Å². The van der Waals surface area contributed by atoms with Crippen LogP contribution in [0.1, 0.15) is 19.8 Å². The van der Waals surface area contributed by atoms with Crippen molar-refractivity contribution in [1.29, 1.82) is 0 Å². The van der Waals surface area contributed by atoms with Crippen molar-refractivity contribution in [2.75, 3.05) is 25.2 Å². The summed E-state index contributed by atoms with van der Waals surface area (Å²) in [6.45, 7) is 3.41. The van der Waals surface area contributed by atoms with Crippen molar-refractivity contribution < 1.29 is 19.1 Å². The molecule has 7 nitrogen and oxygen atoms in total. The first-order chi connectivity index (χ1) is 11.0. The van der Waals surface area contributed by atoms with E-state index < -0.39 is 0 Å². The molecule has 1 unspecified atom stereocenters. The van der Waals surface area contributed by atoms with Crippen molar-refractivity contribution in [1.82, 2.24) is 4.90 Å². The van der Waals surface area contributed by atoms with Gasteiger partial charge in [-0.3, -0.25) is 14.5 Å². The lowest BCUT2D eigenvalue weighted by atomic mass is 9.95. The summed E-state index contributed by atoms with van der Waals surface area (Å²) in [7, 11) is 0. The summed E-state index contributed by atoms with van der Waals surface area (Å²) in [4.78, 5) is 25.6. The smallest absolute Gasteiger partial charge is 0.234 e. The highest BCUT2D eigenvalue weighted by molar-refractivity contribution is 5.93. The van der Waals surface area contributed by atoms with Gasteiger partial charge in [0.1, 0.15) is 0 Å². The minimum Gasteiger partial charge on any atom is -0.454 e. The molecule has 1 atom stereocenters. The van der Waals surface area contributed by atoms with Gasteiger partial charge in [-0.2, -0.15) is 0 Å². The Labute approximate surface area is 134 Å². The normalized spacial score (nSPS) is 19.3. The number of ether oxygens (including phenoxy) is 2. The van der Waals surface area contributed by atoms with Crippen molar-refractivity contribution in [2.24, 2.45) is 11.7 Å². The summed E-state index contributed by atoms with van der Waals surface area (Å²) in [6.07, 6.45) is 1.43. The van der Waals surface area contributed by atoms with E-state index in [4.69, 9.17) is 15.2 Å². The van der Waals surface area contributed by atoms with E-state index in [1.807, 2.05) is 4.90 Å². The van der Waals surface area contributed by atoms with E-state index in [-0.39, 0.29) is 30.6 Å². The fourth-order valence-corrected chi connectivity index (χ4v) is 2.95. The van der Waals surface area contributed by atoms with Gasteiger partial charge in [-0.1, -0.05) is 0 Å². The van der Waals surface area contributed by atoms with Gasteiger partial charge < -0.3 is 20.5 Å². The van der Waals surface area contributed by atoms with E-state index in [0.29, 0.717) is 43.1 Å². The lowest BCUT2D eigenvalue weighted by molar-refractivity contribution is -0.124. The Balaban J connectivity index is 1.55. The quantitative estimate of drug-likeness (QED) is 0.861. The highest BCUT2D eigenvalue weighted by atomic mass is 16.7. The van der Waals surface area contributed by atoms with Crippen LogP contribution in [0, 0.1) is 5.92 Å². The molecule has 1 saturated heterocycles. The number of hydrogen-bond acceptors (Lipinski definition) is 5. The minimum atomic E-state index is -0.326.